The fraction of sp³-hybridized carbons (Fsp3) is 0.318. The molecule has 0 radical (unpaired) electrons. The molecule has 158 valence electrons. The molecule has 31 heavy (non-hydrogen) atoms. The SMILES string of the molecule is CCC1c2nnc(C)n2-c2cnc(-c3cnsc3-c3ccc(F)cc3)nc2N1C(C)C. The average molecular weight is 436 g/mol. The molecule has 1 aliphatic heterocycles. The van der Waals surface area contributed by atoms with Gasteiger partial charge in [-0.2, -0.15) is 4.37 Å². The van der Waals surface area contributed by atoms with Gasteiger partial charge in [0.2, 0.25) is 0 Å². The third-order valence-electron chi connectivity index (χ3n) is 5.58. The number of hydrogen-bond donors (Lipinski definition) is 0. The molecule has 7 nitrogen and oxygen atoms in total. The molecule has 4 heterocycles. The van der Waals surface area contributed by atoms with Gasteiger partial charge in [0.25, 0.3) is 0 Å². The predicted molar refractivity (Wildman–Crippen MR) is 119 cm³/mol. The minimum absolute atomic E-state index is 0.0774. The van der Waals surface area contributed by atoms with Gasteiger partial charge < -0.3 is 4.90 Å². The number of nitrogens with zero attached hydrogens (tertiary/aromatic N) is 7. The Morgan fingerprint density at radius 1 is 1.13 bits per heavy atom. The van der Waals surface area contributed by atoms with E-state index in [4.69, 9.17) is 4.98 Å². The molecule has 0 bridgehead atoms. The summed E-state index contributed by atoms with van der Waals surface area (Å²) in [5.74, 6) is 2.93. The largest absolute Gasteiger partial charge is 0.342 e. The van der Waals surface area contributed by atoms with Gasteiger partial charge >= 0.3 is 0 Å². The molecule has 0 saturated heterocycles. The molecule has 0 aliphatic carbocycles. The number of aromatic nitrogens is 6. The first kappa shape index (κ1) is 19.7. The molecule has 0 amide bonds. The maximum atomic E-state index is 13.4. The Kier molecular flexibility index (Phi) is 4.77. The first-order valence-electron chi connectivity index (χ1n) is 10.3. The van der Waals surface area contributed by atoms with Gasteiger partial charge in [0.05, 0.1) is 28.9 Å². The Morgan fingerprint density at radius 3 is 2.61 bits per heavy atom. The van der Waals surface area contributed by atoms with Crippen molar-refractivity contribution in [3.8, 4) is 27.5 Å². The Hall–Kier alpha value is -3.20. The van der Waals surface area contributed by atoms with Crippen LogP contribution in [0.15, 0.2) is 36.7 Å². The first-order valence-corrected chi connectivity index (χ1v) is 11.1. The lowest BCUT2D eigenvalue weighted by Gasteiger charge is -2.39. The number of hydrogen-bond acceptors (Lipinski definition) is 7. The summed E-state index contributed by atoms with van der Waals surface area (Å²) < 4.78 is 19.8. The van der Waals surface area contributed by atoms with Crippen LogP contribution in [0.3, 0.4) is 0 Å². The highest BCUT2D eigenvalue weighted by Gasteiger charge is 2.36. The maximum Gasteiger partial charge on any atom is 0.164 e. The maximum absolute atomic E-state index is 13.4. The molecule has 1 unspecified atom stereocenters. The van der Waals surface area contributed by atoms with E-state index < -0.39 is 0 Å². The van der Waals surface area contributed by atoms with E-state index in [1.807, 2.05) is 13.1 Å². The lowest BCUT2D eigenvalue weighted by molar-refractivity contribution is 0.496. The third kappa shape index (κ3) is 3.11. The molecule has 0 N–H and O–H groups in total. The number of aryl methyl sites for hydroxylation is 1. The fourth-order valence-corrected chi connectivity index (χ4v) is 4.95. The van der Waals surface area contributed by atoms with Crippen molar-refractivity contribution in [3.05, 3.63) is 54.1 Å². The minimum Gasteiger partial charge on any atom is -0.342 e. The van der Waals surface area contributed by atoms with E-state index in [1.54, 1.807) is 18.3 Å². The van der Waals surface area contributed by atoms with Gasteiger partial charge in [-0.05, 0) is 56.4 Å². The molecule has 5 rings (SSSR count). The summed E-state index contributed by atoms with van der Waals surface area (Å²) in [6, 6.07) is 6.71. The Labute approximate surface area is 183 Å². The van der Waals surface area contributed by atoms with Crippen LogP contribution in [0, 0.1) is 12.7 Å². The van der Waals surface area contributed by atoms with Crippen LogP contribution in [0.1, 0.15) is 44.9 Å². The third-order valence-corrected chi connectivity index (χ3v) is 6.43. The van der Waals surface area contributed by atoms with Crippen molar-refractivity contribution >= 4 is 17.4 Å². The van der Waals surface area contributed by atoms with E-state index in [0.717, 1.165) is 45.6 Å². The van der Waals surface area contributed by atoms with Crippen LogP contribution in [0.2, 0.25) is 0 Å². The van der Waals surface area contributed by atoms with Crippen LogP contribution in [0.4, 0.5) is 10.2 Å². The highest BCUT2D eigenvalue weighted by molar-refractivity contribution is 7.10. The molecule has 1 atom stereocenters. The van der Waals surface area contributed by atoms with Crippen molar-refractivity contribution in [2.45, 2.75) is 46.2 Å². The van der Waals surface area contributed by atoms with Crippen molar-refractivity contribution in [2.75, 3.05) is 4.90 Å². The van der Waals surface area contributed by atoms with Crippen molar-refractivity contribution < 1.29 is 4.39 Å². The molecule has 1 aromatic carbocycles. The summed E-state index contributed by atoms with van der Waals surface area (Å²) >= 11 is 1.35. The average Bonchev–Trinajstić information content (AvgIpc) is 3.40. The summed E-state index contributed by atoms with van der Waals surface area (Å²) in [7, 11) is 0. The Balaban J connectivity index is 1.68. The molecule has 0 fully saturated rings. The van der Waals surface area contributed by atoms with E-state index in [9.17, 15) is 4.39 Å². The van der Waals surface area contributed by atoms with Crippen molar-refractivity contribution in [1.29, 1.82) is 0 Å². The van der Waals surface area contributed by atoms with Gasteiger partial charge in [-0.15, -0.1) is 10.2 Å². The highest BCUT2D eigenvalue weighted by atomic mass is 32.1. The number of fused-ring (bicyclic) bond motifs is 3. The zero-order valence-electron chi connectivity index (χ0n) is 17.7. The monoisotopic (exact) mass is 435 g/mol. The van der Waals surface area contributed by atoms with Gasteiger partial charge in [-0.1, -0.05) is 19.1 Å². The minimum atomic E-state index is -0.266. The second kappa shape index (κ2) is 7.49. The standard InChI is InChI=1S/C22H22FN7S/c1-5-17-22-28-27-13(4)30(22)18-11-24-20(26-21(18)29(17)12(2)3)16-10-25-31-19(16)14-6-8-15(23)9-7-14/h6-12,17H,5H2,1-4H3. The Bertz CT molecular complexity index is 1250. The summed E-state index contributed by atoms with van der Waals surface area (Å²) in [4.78, 5) is 12.9. The van der Waals surface area contributed by atoms with Gasteiger partial charge in [0.1, 0.15) is 17.3 Å². The summed E-state index contributed by atoms with van der Waals surface area (Å²) in [5.41, 5.74) is 2.61. The topological polar surface area (TPSA) is 72.6 Å². The van der Waals surface area contributed by atoms with Crippen LogP contribution in [-0.2, 0) is 0 Å². The van der Waals surface area contributed by atoms with E-state index in [1.165, 1.54) is 23.7 Å². The lowest BCUT2D eigenvalue weighted by atomic mass is 10.1. The second-order valence-corrected chi connectivity index (χ2v) is 8.65. The van der Waals surface area contributed by atoms with Gasteiger partial charge in [-0.3, -0.25) is 4.57 Å². The number of halogens is 1. The summed E-state index contributed by atoms with van der Waals surface area (Å²) in [6.07, 6.45) is 4.50. The zero-order chi connectivity index (χ0) is 21.7. The Morgan fingerprint density at radius 2 is 1.90 bits per heavy atom. The normalized spacial score (nSPS) is 15.3. The quantitative estimate of drug-likeness (QED) is 0.450. The molecule has 1 aliphatic rings. The van der Waals surface area contributed by atoms with E-state index in [0.29, 0.717) is 5.82 Å². The first-order chi connectivity index (χ1) is 15.0. The van der Waals surface area contributed by atoms with Crippen molar-refractivity contribution in [2.24, 2.45) is 0 Å². The zero-order valence-corrected chi connectivity index (χ0v) is 18.6. The van der Waals surface area contributed by atoms with E-state index >= 15 is 0 Å². The molecule has 0 spiro atoms. The molecule has 0 saturated carbocycles. The highest BCUT2D eigenvalue weighted by Crippen LogP contribution is 2.41. The molecular weight excluding hydrogens is 413 g/mol. The van der Waals surface area contributed by atoms with E-state index in [-0.39, 0.29) is 17.9 Å². The van der Waals surface area contributed by atoms with E-state index in [2.05, 4.69) is 49.8 Å². The number of benzene rings is 1. The molecule has 3 aromatic heterocycles. The fourth-order valence-electron chi connectivity index (χ4n) is 4.20. The number of rotatable bonds is 4. The molecule has 9 heteroatoms. The lowest BCUT2D eigenvalue weighted by Crippen LogP contribution is -2.40. The van der Waals surface area contributed by atoms with Gasteiger partial charge in [0.15, 0.2) is 17.5 Å². The second-order valence-electron chi connectivity index (χ2n) is 7.84. The van der Waals surface area contributed by atoms with Crippen LogP contribution >= 0.6 is 11.5 Å². The van der Waals surface area contributed by atoms with Crippen LogP contribution in [-0.4, -0.2) is 35.1 Å². The van der Waals surface area contributed by atoms with Crippen LogP contribution in [0.5, 0.6) is 0 Å². The molecular formula is C22H22FN7S. The summed E-state index contributed by atoms with van der Waals surface area (Å²) in [6.45, 7) is 8.41. The predicted octanol–water partition coefficient (Wildman–Crippen LogP) is 4.97. The summed E-state index contributed by atoms with van der Waals surface area (Å²) in [5, 5.41) is 8.76. The van der Waals surface area contributed by atoms with Crippen LogP contribution < -0.4 is 4.90 Å². The smallest absolute Gasteiger partial charge is 0.164 e. The molecule has 4 aromatic rings. The van der Waals surface area contributed by atoms with Gasteiger partial charge in [-0.25, -0.2) is 14.4 Å². The van der Waals surface area contributed by atoms with Crippen molar-refractivity contribution in [1.82, 2.24) is 29.1 Å². The van der Waals surface area contributed by atoms with Crippen LogP contribution in [0.25, 0.3) is 27.5 Å². The number of anilines is 1. The van der Waals surface area contributed by atoms with Crippen molar-refractivity contribution in [3.63, 3.8) is 0 Å². The van der Waals surface area contributed by atoms with Gasteiger partial charge in [0, 0.05) is 6.04 Å².